The molecule has 1 aliphatic rings. The van der Waals surface area contributed by atoms with Crippen LogP contribution in [0.1, 0.15) is 31.7 Å². The molecular formula is C13H20ClN3. The van der Waals surface area contributed by atoms with Crippen LogP contribution >= 0.6 is 11.6 Å². The fraction of sp³-hybridized carbons (Fsp3) is 0.692. The molecule has 2 heterocycles. The van der Waals surface area contributed by atoms with Crippen LogP contribution < -0.4 is 4.90 Å². The maximum atomic E-state index is 6.19. The van der Waals surface area contributed by atoms with Gasteiger partial charge in [0.2, 0.25) is 0 Å². The first-order valence-corrected chi connectivity index (χ1v) is 6.62. The predicted molar refractivity (Wildman–Crippen MR) is 71.7 cm³/mol. The maximum Gasteiger partial charge on any atom is 0.171 e. The summed E-state index contributed by atoms with van der Waals surface area (Å²) in [6.07, 6.45) is 1.22. The molecular weight excluding hydrogens is 234 g/mol. The van der Waals surface area contributed by atoms with Crippen molar-refractivity contribution in [2.45, 2.75) is 34.1 Å². The van der Waals surface area contributed by atoms with Crippen molar-refractivity contribution in [2.24, 2.45) is 11.8 Å². The van der Waals surface area contributed by atoms with Gasteiger partial charge in [-0.25, -0.2) is 9.97 Å². The Morgan fingerprint density at radius 3 is 2.47 bits per heavy atom. The third kappa shape index (κ3) is 2.54. The maximum absolute atomic E-state index is 6.19. The highest BCUT2D eigenvalue weighted by Gasteiger charge is 2.27. The lowest BCUT2D eigenvalue weighted by Crippen LogP contribution is -2.23. The highest BCUT2D eigenvalue weighted by atomic mass is 35.5. The largest absolute Gasteiger partial charge is 0.354 e. The van der Waals surface area contributed by atoms with E-state index in [9.17, 15) is 0 Å². The number of hydrogen-bond donors (Lipinski definition) is 0. The topological polar surface area (TPSA) is 29.0 Å². The van der Waals surface area contributed by atoms with Crippen LogP contribution in [0.5, 0.6) is 0 Å². The van der Waals surface area contributed by atoms with Crippen molar-refractivity contribution in [3.8, 4) is 0 Å². The summed E-state index contributed by atoms with van der Waals surface area (Å²) in [6, 6.07) is 0. The third-order valence-electron chi connectivity index (χ3n) is 3.71. The van der Waals surface area contributed by atoms with Gasteiger partial charge >= 0.3 is 0 Å². The van der Waals surface area contributed by atoms with Crippen molar-refractivity contribution in [1.82, 2.24) is 9.97 Å². The van der Waals surface area contributed by atoms with E-state index in [1.807, 2.05) is 13.8 Å². The SMILES string of the molecule is Cc1nc(Cl)c(N2CCC(C(C)C)C2)nc1C. The Morgan fingerprint density at radius 1 is 1.24 bits per heavy atom. The summed E-state index contributed by atoms with van der Waals surface area (Å²) in [5.41, 5.74) is 1.88. The fourth-order valence-electron chi connectivity index (χ4n) is 2.29. The number of aromatic nitrogens is 2. The van der Waals surface area contributed by atoms with Gasteiger partial charge in [0, 0.05) is 13.1 Å². The smallest absolute Gasteiger partial charge is 0.171 e. The van der Waals surface area contributed by atoms with Crippen LogP contribution in [0.15, 0.2) is 0 Å². The first-order chi connectivity index (χ1) is 7.99. The highest BCUT2D eigenvalue weighted by Crippen LogP contribution is 2.30. The van der Waals surface area contributed by atoms with Crippen LogP contribution in [0.2, 0.25) is 5.15 Å². The Morgan fingerprint density at radius 2 is 1.88 bits per heavy atom. The Labute approximate surface area is 108 Å². The van der Waals surface area contributed by atoms with Crippen LogP contribution in [0, 0.1) is 25.7 Å². The first-order valence-electron chi connectivity index (χ1n) is 6.24. The summed E-state index contributed by atoms with van der Waals surface area (Å²) in [7, 11) is 0. The molecule has 17 heavy (non-hydrogen) atoms. The van der Waals surface area contributed by atoms with Crippen molar-refractivity contribution in [1.29, 1.82) is 0 Å². The van der Waals surface area contributed by atoms with Gasteiger partial charge < -0.3 is 4.90 Å². The molecule has 94 valence electrons. The van der Waals surface area contributed by atoms with E-state index in [2.05, 4.69) is 28.7 Å². The Kier molecular flexibility index (Phi) is 3.57. The number of rotatable bonds is 2. The Hall–Kier alpha value is -0.830. The monoisotopic (exact) mass is 253 g/mol. The summed E-state index contributed by atoms with van der Waals surface area (Å²) in [5.74, 6) is 2.32. The summed E-state index contributed by atoms with van der Waals surface area (Å²) in [6.45, 7) is 10.6. The van der Waals surface area contributed by atoms with Crippen LogP contribution in [0.3, 0.4) is 0 Å². The molecule has 0 saturated carbocycles. The molecule has 1 unspecified atom stereocenters. The highest BCUT2D eigenvalue weighted by molar-refractivity contribution is 6.31. The number of nitrogens with zero attached hydrogens (tertiary/aromatic N) is 3. The minimum atomic E-state index is 0.539. The molecule has 1 aliphatic heterocycles. The number of anilines is 1. The third-order valence-corrected chi connectivity index (χ3v) is 3.97. The summed E-state index contributed by atoms with van der Waals surface area (Å²) in [5, 5.41) is 0.539. The Bertz CT molecular complexity index is 417. The molecule has 0 spiro atoms. The van der Waals surface area contributed by atoms with E-state index in [1.165, 1.54) is 6.42 Å². The summed E-state index contributed by atoms with van der Waals surface area (Å²) in [4.78, 5) is 11.2. The van der Waals surface area contributed by atoms with Crippen LogP contribution in [0.4, 0.5) is 5.82 Å². The van der Waals surface area contributed by atoms with E-state index in [1.54, 1.807) is 0 Å². The quantitative estimate of drug-likeness (QED) is 0.810. The number of halogens is 1. The van der Waals surface area contributed by atoms with Gasteiger partial charge in [0.05, 0.1) is 11.4 Å². The lowest BCUT2D eigenvalue weighted by molar-refractivity contribution is 0.422. The van der Waals surface area contributed by atoms with E-state index < -0.39 is 0 Å². The van der Waals surface area contributed by atoms with Crippen molar-refractivity contribution in [2.75, 3.05) is 18.0 Å². The molecule has 0 N–H and O–H groups in total. The van der Waals surface area contributed by atoms with Gasteiger partial charge in [-0.2, -0.15) is 0 Å². The first kappa shape index (κ1) is 12.6. The van der Waals surface area contributed by atoms with Crippen LogP contribution in [0.25, 0.3) is 0 Å². The molecule has 4 heteroatoms. The number of hydrogen-bond acceptors (Lipinski definition) is 3. The zero-order valence-electron chi connectivity index (χ0n) is 11.0. The van der Waals surface area contributed by atoms with Gasteiger partial charge in [-0.1, -0.05) is 25.4 Å². The standard InChI is InChI=1S/C13H20ClN3/c1-8(2)11-5-6-17(7-11)13-12(14)15-9(3)10(4)16-13/h8,11H,5-7H2,1-4H3. The number of aryl methyl sites for hydroxylation is 2. The molecule has 1 saturated heterocycles. The molecule has 1 aromatic rings. The lowest BCUT2D eigenvalue weighted by Gasteiger charge is -2.20. The molecule has 0 radical (unpaired) electrons. The van der Waals surface area contributed by atoms with Gasteiger partial charge in [0.25, 0.3) is 0 Å². The van der Waals surface area contributed by atoms with E-state index in [0.29, 0.717) is 5.15 Å². The van der Waals surface area contributed by atoms with Crippen molar-refractivity contribution in [3.63, 3.8) is 0 Å². The van der Waals surface area contributed by atoms with Gasteiger partial charge in [0.1, 0.15) is 0 Å². The van der Waals surface area contributed by atoms with Crippen molar-refractivity contribution < 1.29 is 0 Å². The second kappa shape index (κ2) is 4.81. The predicted octanol–water partition coefficient (Wildman–Crippen LogP) is 3.23. The molecule has 1 aromatic heterocycles. The molecule has 2 rings (SSSR count). The molecule has 0 amide bonds. The van der Waals surface area contributed by atoms with E-state index in [4.69, 9.17) is 11.6 Å². The normalized spacial score (nSPS) is 20.4. The van der Waals surface area contributed by atoms with Gasteiger partial charge in [-0.05, 0) is 32.1 Å². The van der Waals surface area contributed by atoms with Gasteiger partial charge in [0.15, 0.2) is 11.0 Å². The molecule has 1 fully saturated rings. The summed E-state index contributed by atoms with van der Waals surface area (Å²) >= 11 is 6.19. The zero-order valence-corrected chi connectivity index (χ0v) is 11.8. The van der Waals surface area contributed by atoms with Crippen molar-refractivity contribution >= 4 is 17.4 Å². The minimum Gasteiger partial charge on any atom is -0.354 e. The van der Waals surface area contributed by atoms with E-state index in [-0.39, 0.29) is 0 Å². The zero-order chi connectivity index (χ0) is 12.6. The molecule has 0 aliphatic carbocycles. The molecule has 1 atom stereocenters. The fourth-order valence-corrected chi connectivity index (χ4v) is 2.58. The van der Waals surface area contributed by atoms with Crippen molar-refractivity contribution in [3.05, 3.63) is 16.5 Å². The van der Waals surface area contributed by atoms with E-state index >= 15 is 0 Å². The average Bonchev–Trinajstić information content (AvgIpc) is 2.72. The molecule has 0 bridgehead atoms. The average molecular weight is 254 g/mol. The lowest BCUT2D eigenvalue weighted by atomic mass is 9.95. The van der Waals surface area contributed by atoms with Crippen LogP contribution in [-0.2, 0) is 0 Å². The second-order valence-corrected chi connectivity index (χ2v) is 5.61. The second-order valence-electron chi connectivity index (χ2n) is 5.25. The molecule has 0 aromatic carbocycles. The summed E-state index contributed by atoms with van der Waals surface area (Å²) < 4.78 is 0. The van der Waals surface area contributed by atoms with Gasteiger partial charge in [-0.15, -0.1) is 0 Å². The minimum absolute atomic E-state index is 0.539. The van der Waals surface area contributed by atoms with Crippen LogP contribution in [-0.4, -0.2) is 23.1 Å². The van der Waals surface area contributed by atoms with Gasteiger partial charge in [-0.3, -0.25) is 0 Å². The molecule has 3 nitrogen and oxygen atoms in total. The van der Waals surface area contributed by atoms with E-state index in [0.717, 1.165) is 42.1 Å². The Balaban J connectivity index is 2.22.